The van der Waals surface area contributed by atoms with Crippen LogP contribution in [0.5, 0.6) is 0 Å². The lowest BCUT2D eigenvalue weighted by atomic mass is 10.0. The third-order valence-corrected chi connectivity index (χ3v) is 6.79. The van der Waals surface area contributed by atoms with E-state index in [0.717, 1.165) is 62.3 Å². The van der Waals surface area contributed by atoms with Crippen LogP contribution in [0.3, 0.4) is 0 Å². The first-order chi connectivity index (χ1) is 17.2. The maximum absolute atomic E-state index is 12.8. The molecule has 0 radical (unpaired) electrons. The summed E-state index contributed by atoms with van der Waals surface area (Å²) < 4.78 is 23.8. The number of benzene rings is 1. The van der Waals surface area contributed by atoms with Gasteiger partial charge >= 0.3 is 11.9 Å². The minimum absolute atomic E-state index is 0.000404. The lowest BCUT2D eigenvalue weighted by molar-refractivity contribution is -0.143. The van der Waals surface area contributed by atoms with E-state index >= 15 is 0 Å². The average molecular weight is 568 g/mol. The Morgan fingerprint density at radius 3 is 2.42 bits per heavy atom. The highest BCUT2D eigenvalue weighted by molar-refractivity contribution is 9.10. The molecule has 0 aromatic heterocycles. The number of unbranched alkanes of at least 4 members (excludes halogenated alkanes) is 6. The van der Waals surface area contributed by atoms with Crippen molar-refractivity contribution in [1.29, 1.82) is 0 Å². The van der Waals surface area contributed by atoms with Gasteiger partial charge in [-0.3, -0.25) is 4.79 Å². The molecule has 1 aliphatic rings. The molecule has 2 rings (SSSR count). The molecule has 0 saturated carbocycles. The average Bonchev–Trinajstić information content (AvgIpc) is 3.15. The van der Waals surface area contributed by atoms with Crippen molar-refractivity contribution in [2.24, 2.45) is 0 Å². The van der Waals surface area contributed by atoms with E-state index < -0.39 is 5.79 Å². The summed E-state index contributed by atoms with van der Waals surface area (Å²) in [6, 6.07) is 7.19. The van der Waals surface area contributed by atoms with Crippen molar-refractivity contribution in [3.8, 4) is 0 Å². The number of hydrogen-bond donors (Lipinski definition) is 0. The highest BCUT2D eigenvalue weighted by Crippen LogP contribution is 2.32. The predicted octanol–water partition coefficient (Wildman–Crippen LogP) is 7.53. The molecule has 0 N–H and O–H groups in total. The van der Waals surface area contributed by atoms with Gasteiger partial charge in [0.15, 0.2) is 5.79 Å². The molecule has 1 heterocycles. The Labute approximate surface area is 225 Å². The van der Waals surface area contributed by atoms with Crippen molar-refractivity contribution in [3.05, 3.63) is 46.5 Å². The molecule has 1 aliphatic heterocycles. The number of methoxy groups -OCH3 is 1. The summed E-state index contributed by atoms with van der Waals surface area (Å²) in [4.78, 5) is 24.0. The topological polar surface area (TPSA) is 71.1 Å². The molecule has 0 amide bonds. The van der Waals surface area contributed by atoms with Gasteiger partial charge in [0, 0.05) is 10.9 Å². The monoisotopic (exact) mass is 566 g/mol. The van der Waals surface area contributed by atoms with Crippen LogP contribution in [-0.4, -0.2) is 43.1 Å². The quantitative estimate of drug-likeness (QED) is 0.117. The molecule has 1 aromatic carbocycles. The third kappa shape index (κ3) is 11.6. The molecule has 3 atom stereocenters. The summed E-state index contributed by atoms with van der Waals surface area (Å²) in [5.41, 5.74) is 0.526. The van der Waals surface area contributed by atoms with Gasteiger partial charge < -0.3 is 18.9 Å². The number of halogens is 1. The SMILES string of the molecule is CCCCCC1OC(C)(C)OC1C=CC(CCCCCCCC(=O)OC)OC(=O)c1ccc(Br)cc1. The van der Waals surface area contributed by atoms with Gasteiger partial charge in [-0.15, -0.1) is 0 Å². The molecule has 36 heavy (non-hydrogen) atoms. The predicted molar refractivity (Wildman–Crippen MR) is 145 cm³/mol. The van der Waals surface area contributed by atoms with E-state index in [4.69, 9.17) is 14.2 Å². The number of carbonyl (C=O) groups is 2. The zero-order valence-corrected chi connectivity index (χ0v) is 23.9. The maximum atomic E-state index is 12.8. The molecule has 202 valence electrons. The van der Waals surface area contributed by atoms with Gasteiger partial charge in [-0.25, -0.2) is 4.79 Å². The van der Waals surface area contributed by atoms with E-state index in [1.54, 1.807) is 12.1 Å². The lowest BCUT2D eigenvalue weighted by Crippen LogP contribution is -2.22. The van der Waals surface area contributed by atoms with Crippen LogP contribution >= 0.6 is 15.9 Å². The number of esters is 2. The van der Waals surface area contributed by atoms with Crippen molar-refractivity contribution in [2.45, 2.75) is 115 Å². The Morgan fingerprint density at radius 2 is 1.72 bits per heavy atom. The fraction of sp³-hybridized carbons (Fsp3) is 0.655. The molecular formula is C29H43BrO6. The largest absolute Gasteiger partial charge is 0.469 e. The summed E-state index contributed by atoms with van der Waals surface area (Å²) >= 11 is 3.40. The summed E-state index contributed by atoms with van der Waals surface area (Å²) in [7, 11) is 1.42. The van der Waals surface area contributed by atoms with Crippen LogP contribution in [0, 0.1) is 0 Å². The van der Waals surface area contributed by atoms with Gasteiger partial charge in [-0.1, -0.05) is 67.5 Å². The van der Waals surface area contributed by atoms with Crippen LogP contribution < -0.4 is 0 Å². The molecule has 6 nitrogen and oxygen atoms in total. The normalized spacial score (nSPS) is 19.9. The number of rotatable bonds is 16. The van der Waals surface area contributed by atoms with Gasteiger partial charge in [-0.2, -0.15) is 0 Å². The Balaban J connectivity index is 1.96. The highest BCUT2D eigenvalue weighted by Gasteiger charge is 2.39. The first-order valence-electron chi connectivity index (χ1n) is 13.3. The smallest absolute Gasteiger partial charge is 0.338 e. The number of ether oxygens (including phenoxy) is 4. The standard InChI is InChI=1S/C29H43BrO6/c1-5-6-10-14-25-26(36-29(2,3)35-25)21-20-24(13-11-8-7-9-12-15-27(31)33-4)34-28(32)22-16-18-23(30)19-17-22/h16-21,24-26H,5-15H2,1-4H3. The van der Waals surface area contributed by atoms with Crippen molar-refractivity contribution >= 4 is 27.9 Å². The van der Waals surface area contributed by atoms with Crippen molar-refractivity contribution < 1.29 is 28.5 Å². The van der Waals surface area contributed by atoms with Gasteiger partial charge in [0.05, 0.1) is 18.8 Å². The van der Waals surface area contributed by atoms with E-state index in [2.05, 4.69) is 27.6 Å². The van der Waals surface area contributed by atoms with Gasteiger partial charge in [-0.05, 0) is 69.9 Å². The number of hydrogen-bond acceptors (Lipinski definition) is 6. The van der Waals surface area contributed by atoms with Gasteiger partial charge in [0.1, 0.15) is 12.2 Å². The van der Waals surface area contributed by atoms with E-state index in [-0.39, 0.29) is 30.3 Å². The molecule has 1 saturated heterocycles. The molecular weight excluding hydrogens is 524 g/mol. The third-order valence-electron chi connectivity index (χ3n) is 6.26. The zero-order valence-electron chi connectivity index (χ0n) is 22.3. The van der Waals surface area contributed by atoms with Gasteiger partial charge in [0.25, 0.3) is 0 Å². The second-order valence-electron chi connectivity index (χ2n) is 9.85. The molecule has 0 aliphatic carbocycles. The summed E-state index contributed by atoms with van der Waals surface area (Å²) in [5.74, 6) is -1.12. The van der Waals surface area contributed by atoms with Crippen LogP contribution in [0.4, 0.5) is 0 Å². The fourth-order valence-electron chi connectivity index (χ4n) is 4.31. The lowest BCUT2D eigenvalue weighted by Gasteiger charge is -2.17. The Morgan fingerprint density at radius 1 is 1.03 bits per heavy atom. The first-order valence-corrected chi connectivity index (χ1v) is 14.1. The minimum atomic E-state index is -0.625. The van der Waals surface area contributed by atoms with E-state index in [0.29, 0.717) is 12.0 Å². The van der Waals surface area contributed by atoms with Crippen LogP contribution in [0.15, 0.2) is 40.9 Å². The van der Waals surface area contributed by atoms with Crippen molar-refractivity contribution in [3.63, 3.8) is 0 Å². The van der Waals surface area contributed by atoms with E-state index in [9.17, 15) is 9.59 Å². The molecule has 0 spiro atoms. The van der Waals surface area contributed by atoms with E-state index in [1.807, 2.05) is 38.1 Å². The van der Waals surface area contributed by atoms with Gasteiger partial charge in [0.2, 0.25) is 0 Å². The zero-order chi connectivity index (χ0) is 26.4. The molecule has 1 aromatic rings. The Bertz CT molecular complexity index is 820. The first kappa shape index (κ1) is 30.5. The molecule has 1 fully saturated rings. The van der Waals surface area contributed by atoms with Crippen molar-refractivity contribution in [1.82, 2.24) is 0 Å². The highest BCUT2D eigenvalue weighted by atomic mass is 79.9. The summed E-state index contributed by atoms with van der Waals surface area (Å²) in [5, 5.41) is 0. The molecule has 3 unspecified atom stereocenters. The van der Waals surface area contributed by atoms with Crippen LogP contribution in [0.25, 0.3) is 0 Å². The maximum Gasteiger partial charge on any atom is 0.338 e. The summed E-state index contributed by atoms with van der Waals surface area (Å²) in [6.07, 6.45) is 13.8. The minimum Gasteiger partial charge on any atom is -0.469 e. The summed E-state index contributed by atoms with van der Waals surface area (Å²) in [6.45, 7) is 6.08. The van der Waals surface area contributed by atoms with Crippen molar-refractivity contribution in [2.75, 3.05) is 7.11 Å². The second kappa shape index (κ2) is 16.2. The number of carbonyl (C=O) groups excluding carboxylic acids is 2. The second-order valence-corrected chi connectivity index (χ2v) is 10.8. The fourth-order valence-corrected chi connectivity index (χ4v) is 4.58. The Kier molecular flexibility index (Phi) is 13.7. The van der Waals surface area contributed by atoms with Crippen LogP contribution in [0.1, 0.15) is 102 Å². The van der Waals surface area contributed by atoms with E-state index in [1.165, 1.54) is 13.5 Å². The molecule has 0 bridgehead atoms. The Hall–Kier alpha value is -1.70. The molecule has 7 heteroatoms. The van der Waals surface area contributed by atoms with Crippen LogP contribution in [0.2, 0.25) is 0 Å². The van der Waals surface area contributed by atoms with Crippen LogP contribution in [-0.2, 0) is 23.7 Å².